The molecule has 3 fully saturated rings. The molecule has 2 unspecified atom stereocenters. The summed E-state index contributed by atoms with van der Waals surface area (Å²) < 4.78 is 0. The van der Waals surface area contributed by atoms with Gasteiger partial charge in [0.15, 0.2) is 0 Å². The predicted octanol–water partition coefficient (Wildman–Crippen LogP) is 2.47. The number of nitrogens with one attached hydrogen (secondary N) is 1. The molecule has 0 aromatic heterocycles. The number of amides is 2. The number of piperazine rings is 1. The monoisotopic (exact) mass is 292 g/mol. The van der Waals surface area contributed by atoms with Crippen molar-refractivity contribution in [2.75, 3.05) is 6.54 Å². The summed E-state index contributed by atoms with van der Waals surface area (Å²) in [5, 5.41) is 2.99. The van der Waals surface area contributed by atoms with Crippen molar-refractivity contribution in [2.45, 2.75) is 76.8 Å². The lowest BCUT2D eigenvalue weighted by Gasteiger charge is -2.46. The van der Waals surface area contributed by atoms with Crippen molar-refractivity contribution in [1.29, 1.82) is 0 Å². The zero-order chi connectivity index (χ0) is 15.0. The van der Waals surface area contributed by atoms with Gasteiger partial charge >= 0.3 is 0 Å². The minimum Gasteiger partial charge on any atom is -0.340 e. The zero-order valence-electron chi connectivity index (χ0n) is 13.4. The predicted molar refractivity (Wildman–Crippen MR) is 81.6 cm³/mol. The van der Waals surface area contributed by atoms with E-state index in [0.717, 1.165) is 19.3 Å². The van der Waals surface area contributed by atoms with E-state index in [9.17, 15) is 9.59 Å². The van der Waals surface area contributed by atoms with Gasteiger partial charge in [0.05, 0.1) is 6.54 Å². The highest BCUT2D eigenvalue weighted by molar-refractivity contribution is 5.98. The van der Waals surface area contributed by atoms with E-state index in [4.69, 9.17) is 0 Å². The summed E-state index contributed by atoms with van der Waals surface area (Å²) in [6.45, 7) is 4.36. The smallest absolute Gasteiger partial charge is 0.249 e. The van der Waals surface area contributed by atoms with Gasteiger partial charge in [-0.2, -0.15) is 0 Å². The third-order valence-corrected chi connectivity index (χ3v) is 5.82. The minimum atomic E-state index is -0.641. The maximum Gasteiger partial charge on any atom is 0.249 e. The van der Waals surface area contributed by atoms with Gasteiger partial charge < -0.3 is 10.2 Å². The molecule has 118 valence electrons. The Hall–Kier alpha value is -1.06. The van der Waals surface area contributed by atoms with Crippen LogP contribution in [0.25, 0.3) is 0 Å². The van der Waals surface area contributed by atoms with Crippen LogP contribution < -0.4 is 5.32 Å². The molecule has 2 saturated carbocycles. The summed E-state index contributed by atoms with van der Waals surface area (Å²) in [6, 6.07) is 0.252. The molecule has 0 bridgehead atoms. The maximum atomic E-state index is 13.0. The Kier molecular flexibility index (Phi) is 3.98. The molecule has 1 saturated heterocycles. The minimum absolute atomic E-state index is 0.0262. The van der Waals surface area contributed by atoms with Gasteiger partial charge in [-0.05, 0) is 50.9 Å². The first-order valence-corrected chi connectivity index (χ1v) is 8.68. The lowest BCUT2D eigenvalue weighted by Crippen LogP contribution is -2.68. The van der Waals surface area contributed by atoms with Crippen molar-refractivity contribution >= 4 is 11.8 Å². The summed E-state index contributed by atoms with van der Waals surface area (Å²) in [7, 11) is 0. The first-order valence-electron chi connectivity index (χ1n) is 8.68. The molecule has 3 aliphatic rings. The van der Waals surface area contributed by atoms with Gasteiger partial charge in [0, 0.05) is 6.04 Å². The number of rotatable bonds is 4. The molecule has 3 rings (SSSR count). The highest BCUT2D eigenvalue weighted by Gasteiger charge is 2.53. The molecule has 0 radical (unpaired) electrons. The molecule has 0 aromatic rings. The summed E-state index contributed by atoms with van der Waals surface area (Å²) in [6.07, 6.45) is 9.39. The molecular formula is C17H28N2O2. The molecule has 1 N–H and O–H groups in total. The van der Waals surface area contributed by atoms with E-state index in [1.54, 1.807) is 0 Å². The Morgan fingerprint density at radius 3 is 2.43 bits per heavy atom. The maximum absolute atomic E-state index is 13.0. The lowest BCUT2D eigenvalue weighted by atomic mass is 9.80. The summed E-state index contributed by atoms with van der Waals surface area (Å²) in [5.74, 6) is 1.13. The SMILES string of the molecule is CCC(C1CCCCC1)N1CC(=O)NC(C)(C2CC2)C1=O. The van der Waals surface area contributed by atoms with Gasteiger partial charge in [0.2, 0.25) is 11.8 Å². The summed E-state index contributed by atoms with van der Waals surface area (Å²) in [5.41, 5.74) is -0.641. The van der Waals surface area contributed by atoms with Gasteiger partial charge in [-0.1, -0.05) is 26.2 Å². The molecular weight excluding hydrogens is 264 g/mol. The van der Waals surface area contributed by atoms with Gasteiger partial charge in [0.1, 0.15) is 5.54 Å². The number of hydrogen-bond acceptors (Lipinski definition) is 2. The van der Waals surface area contributed by atoms with Crippen LogP contribution in [0.15, 0.2) is 0 Å². The van der Waals surface area contributed by atoms with E-state index in [-0.39, 0.29) is 24.4 Å². The Morgan fingerprint density at radius 1 is 1.19 bits per heavy atom. The third-order valence-electron chi connectivity index (χ3n) is 5.82. The van der Waals surface area contributed by atoms with Crippen molar-refractivity contribution in [2.24, 2.45) is 11.8 Å². The van der Waals surface area contributed by atoms with Crippen LogP contribution in [-0.4, -0.2) is 34.8 Å². The van der Waals surface area contributed by atoms with E-state index in [0.29, 0.717) is 11.8 Å². The van der Waals surface area contributed by atoms with Crippen LogP contribution in [0.5, 0.6) is 0 Å². The second-order valence-corrected chi connectivity index (χ2v) is 7.33. The standard InChI is InChI=1S/C17H28N2O2/c1-3-14(12-7-5-4-6-8-12)19-11-15(20)18-17(2,16(19)21)13-9-10-13/h12-14H,3-11H2,1-2H3,(H,18,20). The topological polar surface area (TPSA) is 49.4 Å². The number of carbonyl (C=O) groups is 2. The van der Waals surface area contributed by atoms with Crippen molar-refractivity contribution in [3.63, 3.8) is 0 Å². The van der Waals surface area contributed by atoms with Gasteiger partial charge in [-0.15, -0.1) is 0 Å². The second kappa shape index (κ2) is 5.62. The molecule has 21 heavy (non-hydrogen) atoms. The average Bonchev–Trinajstić information content (AvgIpc) is 3.31. The van der Waals surface area contributed by atoms with E-state index >= 15 is 0 Å². The summed E-state index contributed by atoms with van der Waals surface area (Å²) in [4.78, 5) is 27.1. The Labute approximate surface area is 127 Å². The highest BCUT2D eigenvalue weighted by Crippen LogP contribution is 2.42. The van der Waals surface area contributed by atoms with Crippen molar-refractivity contribution < 1.29 is 9.59 Å². The fraction of sp³-hybridized carbons (Fsp3) is 0.882. The van der Waals surface area contributed by atoms with Crippen LogP contribution in [0.1, 0.15) is 65.2 Å². The van der Waals surface area contributed by atoms with Crippen molar-refractivity contribution in [3.05, 3.63) is 0 Å². The fourth-order valence-electron chi connectivity index (χ4n) is 4.44. The van der Waals surface area contributed by atoms with Gasteiger partial charge in [-0.3, -0.25) is 9.59 Å². The quantitative estimate of drug-likeness (QED) is 0.865. The Morgan fingerprint density at radius 2 is 1.86 bits per heavy atom. The Balaban J connectivity index is 1.80. The van der Waals surface area contributed by atoms with E-state index in [1.165, 1.54) is 32.1 Å². The van der Waals surface area contributed by atoms with E-state index in [1.807, 2.05) is 11.8 Å². The normalized spacial score (nSPS) is 33.0. The van der Waals surface area contributed by atoms with Crippen molar-refractivity contribution in [3.8, 4) is 0 Å². The molecule has 4 nitrogen and oxygen atoms in total. The second-order valence-electron chi connectivity index (χ2n) is 7.33. The molecule has 1 heterocycles. The largest absolute Gasteiger partial charge is 0.340 e. The van der Waals surface area contributed by atoms with E-state index < -0.39 is 5.54 Å². The lowest BCUT2D eigenvalue weighted by molar-refractivity contribution is -0.154. The average molecular weight is 292 g/mol. The highest BCUT2D eigenvalue weighted by atomic mass is 16.2. The van der Waals surface area contributed by atoms with Crippen LogP contribution in [0.4, 0.5) is 0 Å². The van der Waals surface area contributed by atoms with Crippen molar-refractivity contribution in [1.82, 2.24) is 10.2 Å². The first kappa shape index (κ1) is 14.9. The van der Waals surface area contributed by atoms with Crippen LogP contribution in [0, 0.1) is 11.8 Å². The van der Waals surface area contributed by atoms with Crippen LogP contribution in [0.2, 0.25) is 0 Å². The molecule has 1 aliphatic heterocycles. The summed E-state index contributed by atoms with van der Waals surface area (Å²) >= 11 is 0. The first-order chi connectivity index (χ1) is 10.1. The molecule has 2 aliphatic carbocycles. The van der Waals surface area contributed by atoms with Gasteiger partial charge in [-0.25, -0.2) is 0 Å². The van der Waals surface area contributed by atoms with Crippen LogP contribution in [0.3, 0.4) is 0 Å². The molecule has 2 amide bonds. The zero-order valence-corrected chi connectivity index (χ0v) is 13.4. The number of nitrogens with zero attached hydrogens (tertiary/aromatic N) is 1. The molecule has 0 spiro atoms. The number of hydrogen-bond donors (Lipinski definition) is 1. The fourth-order valence-corrected chi connectivity index (χ4v) is 4.44. The molecule has 0 aromatic carbocycles. The van der Waals surface area contributed by atoms with Gasteiger partial charge in [0.25, 0.3) is 0 Å². The third kappa shape index (κ3) is 2.69. The molecule has 2 atom stereocenters. The van der Waals surface area contributed by atoms with E-state index in [2.05, 4.69) is 12.2 Å². The number of carbonyl (C=O) groups excluding carboxylic acids is 2. The van der Waals surface area contributed by atoms with Crippen LogP contribution >= 0.6 is 0 Å². The Bertz CT molecular complexity index is 427. The molecule has 4 heteroatoms. The van der Waals surface area contributed by atoms with Crippen LogP contribution in [-0.2, 0) is 9.59 Å².